The zero-order chi connectivity index (χ0) is 8.72. The van der Waals surface area contributed by atoms with Crippen molar-refractivity contribution >= 4 is 5.78 Å². The van der Waals surface area contributed by atoms with E-state index in [1.807, 2.05) is 0 Å². The summed E-state index contributed by atoms with van der Waals surface area (Å²) in [5.41, 5.74) is 0. The van der Waals surface area contributed by atoms with E-state index in [2.05, 4.69) is 13.8 Å². The Morgan fingerprint density at radius 3 is 2.83 bits per heavy atom. The molecule has 2 saturated heterocycles. The van der Waals surface area contributed by atoms with Gasteiger partial charge in [-0.25, -0.2) is 0 Å². The molecule has 0 aliphatic carbocycles. The molecule has 2 fully saturated rings. The number of Topliss-reactive ketones (excluding diaryl/α,β-unsaturated/α-hetero) is 1. The quantitative estimate of drug-likeness (QED) is 0.579. The van der Waals surface area contributed by atoms with Crippen molar-refractivity contribution in [1.29, 1.82) is 0 Å². The van der Waals surface area contributed by atoms with Gasteiger partial charge in [0.1, 0.15) is 12.7 Å². The number of rotatable bonds is 1. The molecule has 68 valence electrons. The highest BCUT2D eigenvalue weighted by Crippen LogP contribution is 2.33. The zero-order valence-electron chi connectivity index (χ0n) is 7.45. The maximum absolute atomic E-state index is 11.2. The summed E-state index contributed by atoms with van der Waals surface area (Å²) in [6, 6.07) is 0. The first-order valence-electron chi connectivity index (χ1n) is 4.46. The fourth-order valence-electron chi connectivity index (χ4n) is 1.95. The molecule has 3 nitrogen and oxygen atoms in total. The van der Waals surface area contributed by atoms with Crippen LogP contribution in [0.5, 0.6) is 0 Å². The average molecular weight is 170 g/mol. The van der Waals surface area contributed by atoms with Gasteiger partial charge in [0, 0.05) is 5.92 Å². The molecule has 2 aliphatic heterocycles. The Balaban J connectivity index is 2.10. The number of hydrogen-bond acceptors (Lipinski definition) is 3. The molecule has 2 aliphatic rings. The van der Waals surface area contributed by atoms with Crippen molar-refractivity contribution in [1.82, 2.24) is 0 Å². The standard InChI is InChI=1S/C9H14O3/c1-5(2)6-3-11-9-7(10)4-12-8(6)9/h5-6,8-9H,3-4H2,1-2H3/t6-,8+,9+/m0/s1. The summed E-state index contributed by atoms with van der Waals surface area (Å²) in [6.07, 6.45) is -0.213. The molecule has 0 bridgehead atoms. The van der Waals surface area contributed by atoms with E-state index < -0.39 is 0 Å². The minimum atomic E-state index is -0.252. The Morgan fingerprint density at radius 2 is 2.17 bits per heavy atom. The Morgan fingerprint density at radius 1 is 1.42 bits per heavy atom. The zero-order valence-corrected chi connectivity index (χ0v) is 7.45. The van der Waals surface area contributed by atoms with Crippen molar-refractivity contribution in [2.75, 3.05) is 13.2 Å². The number of carbonyl (C=O) groups is 1. The van der Waals surface area contributed by atoms with Crippen LogP contribution in [0, 0.1) is 11.8 Å². The minimum absolute atomic E-state index is 0.0394. The van der Waals surface area contributed by atoms with Crippen LogP contribution >= 0.6 is 0 Å². The number of fused-ring (bicyclic) bond motifs is 1. The summed E-state index contributed by atoms with van der Waals surface area (Å²) >= 11 is 0. The third-order valence-corrected chi connectivity index (χ3v) is 2.78. The molecule has 0 spiro atoms. The van der Waals surface area contributed by atoms with Gasteiger partial charge < -0.3 is 9.47 Å². The second kappa shape index (κ2) is 2.82. The van der Waals surface area contributed by atoms with Crippen LogP contribution < -0.4 is 0 Å². The fourth-order valence-corrected chi connectivity index (χ4v) is 1.95. The Bertz CT molecular complexity index is 200. The molecule has 3 heteroatoms. The van der Waals surface area contributed by atoms with Gasteiger partial charge in [0.2, 0.25) is 0 Å². The first kappa shape index (κ1) is 8.20. The van der Waals surface area contributed by atoms with Crippen LogP contribution in [0.25, 0.3) is 0 Å². The summed E-state index contributed by atoms with van der Waals surface area (Å²) in [5.74, 6) is 1.05. The van der Waals surface area contributed by atoms with Crippen molar-refractivity contribution < 1.29 is 14.3 Å². The minimum Gasteiger partial charge on any atom is -0.367 e. The summed E-state index contributed by atoms with van der Waals surface area (Å²) in [5, 5.41) is 0. The predicted octanol–water partition coefficient (Wildman–Crippen LogP) is 0.625. The summed E-state index contributed by atoms with van der Waals surface area (Å²) in [7, 11) is 0. The lowest BCUT2D eigenvalue weighted by Gasteiger charge is -2.18. The topological polar surface area (TPSA) is 35.5 Å². The third kappa shape index (κ3) is 1.08. The van der Waals surface area contributed by atoms with Gasteiger partial charge in [-0.05, 0) is 5.92 Å². The van der Waals surface area contributed by atoms with Crippen molar-refractivity contribution in [3.05, 3.63) is 0 Å². The number of ether oxygens (including phenoxy) is 2. The highest BCUT2D eigenvalue weighted by atomic mass is 16.6. The fraction of sp³-hybridized carbons (Fsp3) is 0.889. The molecule has 0 aromatic rings. The van der Waals surface area contributed by atoms with Gasteiger partial charge in [0.25, 0.3) is 0 Å². The monoisotopic (exact) mass is 170 g/mol. The largest absolute Gasteiger partial charge is 0.367 e. The van der Waals surface area contributed by atoms with Crippen LogP contribution in [0.15, 0.2) is 0 Å². The normalized spacial score (nSPS) is 40.9. The first-order valence-corrected chi connectivity index (χ1v) is 4.46. The Hall–Kier alpha value is -0.410. The van der Waals surface area contributed by atoms with E-state index in [4.69, 9.17) is 9.47 Å². The highest BCUT2D eigenvalue weighted by Gasteiger charge is 2.47. The number of hydrogen-bond donors (Lipinski definition) is 0. The molecule has 2 heterocycles. The van der Waals surface area contributed by atoms with E-state index in [0.29, 0.717) is 18.4 Å². The molecule has 0 aromatic carbocycles. The van der Waals surface area contributed by atoms with Crippen molar-refractivity contribution in [3.8, 4) is 0 Å². The van der Waals surface area contributed by atoms with Gasteiger partial charge in [-0.1, -0.05) is 13.8 Å². The molecule has 0 saturated carbocycles. The van der Waals surface area contributed by atoms with Crippen LogP contribution in [-0.4, -0.2) is 31.2 Å². The summed E-state index contributed by atoms with van der Waals surface area (Å²) in [6.45, 7) is 5.21. The summed E-state index contributed by atoms with van der Waals surface area (Å²) in [4.78, 5) is 11.2. The van der Waals surface area contributed by atoms with E-state index in [1.54, 1.807) is 0 Å². The van der Waals surface area contributed by atoms with Gasteiger partial charge in [-0.15, -0.1) is 0 Å². The Labute approximate surface area is 72.0 Å². The SMILES string of the molecule is CC(C)[C@@H]1CO[C@@H]2C(=O)CO[C@@H]21. The second-order valence-electron chi connectivity index (χ2n) is 3.90. The predicted molar refractivity (Wildman–Crippen MR) is 42.8 cm³/mol. The third-order valence-electron chi connectivity index (χ3n) is 2.78. The lowest BCUT2D eigenvalue weighted by Crippen LogP contribution is -2.28. The van der Waals surface area contributed by atoms with Crippen LogP contribution in [0.3, 0.4) is 0 Å². The van der Waals surface area contributed by atoms with Crippen molar-refractivity contribution in [3.63, 3.8) is 0 Å². The van der Waals surface area contributed by atoms with E-state index in [-0.39, 0.29) is 24.6 Å². The smallest absolute Gasteiger partial charge is 0.189 e. The van der Waals surface area contributed by atoms with Crippen LogP contribution in [0.4, 0.5) is 0 Å². The first-order chi connectivity index (χ1) is 5.70. The van der Waals surface area contributed by atoms with Gasteiger partial charge in [0.05, 0.1) is 12.7 Å². The molecule has 0 aromatic heterocycles. The maximum atomic E-state index is 11.2. The molecule has 0 radical (unpaired) electrons. The van der Waals surface area contributed by atoms with Crippen LogP contribution in [-0.2, 0) is 14.3 Å². The summed E-state index contributed by atoms with van der Waals surface area (Å²) < 4.78 is 10.8. The van der Waals surface area contributed by atoms with Gasteiger partial charge in [-0.3, -0.25) is 4.79 Å². The van der Waals surface area contributed by atoms with Crippen LogP contribution in [0.1, 0.15) is 13.8 Å². The van der Waals surface area contributed by atoms with E-state index in [1.165, 1.54) is 0 Å². The molecule has 0 N–H and O–H groups in total. The second-order valence-corrected chi connectivity index (χ2v) is 3.90. The van der Waals surface area contributed by atoms with Gasteiger partial charge >= 0.3 is 0 Å². The lowest BCUT2D eigenvalue weighted by atomic mass is 9.91. The highest BCUT2D eigenvalue weighted by molar-refractivity contribution is 5.87. The molecular formula is C9H14O3. The van der Waals surface area contributed by atoms with Gasteiger partial charge in [-0.2, -0.15) is 0 Å². The molecule has 0 unspecified atom stereocenters. The number of carbonyl (C=O) groups excluding carboxylic acids is 1. The lowest BCUT2D eigenvalue weighted by molar-refractivity contribution is -0.125. The van der Waals surface area contributed by atoms with Gasteiger partial charge in [0.15, 0.2) is 5.78 Å². The maximum Gasteiger partial charge on any atom is 0.189 e. The molecule has 2 rings (SSSR count). The molecule has 0 amide bonds. The average Bonchev–Trinajstić information content (AvgIpc) is 2.53. The van der Waals surface area contributed by atoms with Crippen molar-refractivity contribution in [2.24, 2.45) is 11.8 Å². The molecular weight excluding hydrogens is 156 g/mol. The molecule has 12 heavy (non-hydrogen) atoms. The van der Waals surface area contributed by atoms with Crippen molar-refractivity contribution in [2.45, 2.75) is 26.1 Å². The Kier molecular flexibility index (Phi) is 1.93. The van der Waals surface area contributed by atoms with Crippen LogP contribution in [0.2, 0.25) is 0 Å². The van der Waals surface area contributed by atoms with E-state index >= 15 is 0 Å². The van der Waals surface area contributed by atoms with E-state index in [0.717, 1.165) is 0 Å². The number of ketones is 1. The molecule has 3 atom stereocenters. The van der Waals surface area contributed by atoms with E-state index in [9.17, 15) is 4.79 Å².